The van der Waals surface area contributed by atoms with Gasteiger partial charge in [-0.1, -0.05) is 6.92 Å². The molecule has 2 aromatic rings. The summed E-state index contributed by atoms with van der Waals surface area (Å²) >= 11 is 0. The van der Waals surface area contributed by atoms with Crippen LogP contribution in [0.5, 0.6) is 0 Å². The molecule has 0 spiro atoms. The van der Waals surface area contributed by atoms with E-state index in [1.165, 1.54) is 5.56 Å². The van der Waals surface area contributed by atoms with Gasteiger partial charge in [0.1, 0.15) is 0 Å². The molecule has 2 heterocycles. The molecule has 2 aromatic heterocycles. The fraction of sp³-hybridized carbons (Fsp3) is 0.500. The summed E-state index contributed by atoms with van der Waals surface area (Å²) in [5.41, 5.74) is 2.34. The molecule has 1 N–H and O–H groups in total. The molecule has 5 nitrogen and oxygen atoms in total. The topological polar surface area (TPSA) is 47.7 Å². The van der Waals surface area contributed by atoms with Crippen molar-refractivity contribution >= 4 is 5.82 Å². The summed E-state index contributed by atoms with van der Waals surface area (Å²) in [5.74, 6) is 0.941. The van der Waals surface area contributed by atoms with E-state index < -0.39 is 0 Å². The Bertz CT molecular complexity index is 483. The van der Waals surface area contributed by atoms with E-state index in [1.807, 2.05) is 28.8 Å². The first-order chi connectivity index (χ1) is 8.19. The van der Waals surface area contributed by atoms with Crippen LogP contribution in [-0.4, -0.2) is 19.6 Å². The second kappa shape index (κ2) is 5.03. The first kappa shape index (κ1) is 11.7. The fourth-order valence-electron chi connectivity index (χ4n) is 1.82. The number of nitrogens with zero attached hydrogens (tertiary/aromatic N) is 4. The van der Waals surface area contributed by atoms with Crippen molar-refractivity contribution in [1.82, 2.24) is 19.6 Å². The van der Waals surface area contributed by atoms with Crippen LogP contribution in [-0.2, 0) is 20.1 Å². The molecule has 0 aliphatic rings. The predicted molar refractivity (Wildman–Crippen MR) is 67.8 cm³/mol. The van der Waals surface area contributed by atoms with Gasteiger partial charge in [-0.15, -0.1) is 0 Å². The third-order valence-electron chi connectivity index (χ3n) is 2.61. The first-order valence-corrected chi connectivity index (χ1v) is 5.94. The van der Waals surface area contributed by atoms with Crippen molar-refractivity contribution in [3.8, 4) is 0 Å². The Morgan fingerprint density at radius 1 is 1.35 bits per heavy atom. The average molecular weight is 233 g/mol. The number of rotatable bonds is 5. The van der Waals surface area contributed by atoms with Gasteiger partial charge in [0.2, 0.25) is 0 Å². The molecule has 0 radical (unpaired) electrons. The van der Waals surface area contributed by atoms with E-state index in [4.69, 9.17) is 0 Å². The maximum absolute atomic E-state index is 4.35. The van der Waals surface area contributed by atoms with Gasteiger partial charge in [-0.2, -0.15) is 10.2 Å². The Balaban J connectivity index is 1.95. The van der Waals surface area contributed by atoms with Gasteiger partial charge in [-0.3, -0.25) is 9.36 Å². The van der Waals surface area contributed by atoms with E-state index in [1.54, 1.807) is 0 Å². The highest BCUT2D eigenvalue weighted by atomic mass is 15.3. The van der Waals surface area contributed by atoms with Gasteiger partial charge in [0.15, 0.2) is 5.82 Å². The van der Waals surface area contributed by atoms with Gasteiger partial charge in [0.05, 0.1) is 6.20 Å². The van der Waals surface area contributed by atoms with Crippen molar-refractivity contribution in [3.63, 3.8) is 0 Å². The quantitative estimate of drug-likeness (QED) is 0.858. The van der Waals surface area contributed by atoms with Crippen LogP contribution in [0.4, 0.5) is 5.82 Å². The molecular formula is C12H19N5. The molecule has 5 heteroatoms. The zero-order chi connectivity index (χ0) is 12.3. The molecule has 0 fully saturated rings. The van der Waals surface area contributed by atoms with Gasteiger partial charge in [0, 0.05) is 43.7 Å². The molecule has 92 valence electrons. The SMILES string of the molecule is CCCn1cc(CNc2nn(C)cc2C)cn1. The van der Waals surface area contributed by atoms with Crippen LogP contribution < -0.4 is 5.32 Å². The van der Waals surface area contributed by atoms with E-state index in [0.29, 0.717) is 0 Å². The van der Waals surface area contributed by atoms with Gasteiger partial charge >= 0.3 is 0 Å². The third kappa shape index (κ3) is 2.87. The smallest absolute Gasteiger partial charge is 0.151 e. The maximum Gasteiger partial charge on any atom is 0.151 e. The van der Waals surface area contributed by atoms with Crippen LogP contribution in [0.3, 0.4) is 0 Å². The minimum absolute atomic E-state index is 0.765. The highest BCUT2D eigenvalue weighted by molar-refractivity contribution is 5.42. The van der Waals surface area contributed by atoms with E-state index >= 15 is 0 Å². The minimum Gasteiger partial charge on any atom is -0.364 e. The number of aromatic nitrogens is 4. The Morgan fingerprint density at radius 3 is 2.82 bits per heavy atom. The summed E-state index contributed by atoms with van der Waals surface area (Å²) in [6.07, 6.45) is 7.09. The summed E-state index contributed by atoms with van der Waals surface area (Å²) in [5, 5.41) is 12.0. The number of hydrogen-bond donors (Lipinski definition) is 1. The van der Waals surface area contributed by atoms with Crippen molar-refractivity contribution < 1.29 is 0 Å². The molecular weight excluding hydrogens is 214 g/mol. The van der Waals surface area contributed by atoms with Crippen LogP contribution in [0.2, 0.25) is 0 Å². The van der Waals surface area contributed by atoms with E-state index in [0.717, 1.165) is 30.9 Å². The van der Waals surface area contributed by atoms with Gasteiger partial charge in [-0.05, 0) is 13.3 Å². The number of hydrogen-bond acceptors (Lipinski definition) is 3. The van der Waals surface area contributed by atoms with Crippen molar-refractivity contribution in [2.75, 3.05) is 5.32 Å². The number of nitrogens with one attached hydrogen (secondary N) is 1. The highest BCUT2D eigenvalue weighted by Crippen LogP contribution is 2.11. The Morgan fingerprint density at radius 2 is 2.18 bits per heavy atom. The van der Waals surface area contributed by atoms with Crippen LogP contribution in [0.25, 0.3) is 0 Å². The number of anilines is 1. The largest absolute Gasteiger partial charge is 0.364 e. The lowest BCUT2D eigenvalue weighted by Gasteiger charge is -2.01. The second-order valence-corrected chi connectivity index (χ2v) is 4.30. The van der Waals surface area contributed by atoms with E-state index in [-0.39, 0.29) is 0 Å². The average Bonchev–Trinajstić information content (AvgIpc) is 2.83. The van der Waals surface area contributed by atoms with E-state index in [9.17, 15) is 0 Å². The molecule has 17 heavy (non-hydrogen) atoms. The summed E-state index contributed by atoms with van der Waals surface area (Å²) in [7, 11) is 1.93. The zero-order valence-corrected chi connectivity index (χ0v) is 10.6. The van der Waals surface area contributed by atoms with Crippen molar-refractivity contribution in [2.24, 2.45) is 7.05 Å². The lowest BCUT2D eigenvalue weighted by atomic mass is 10.3. The zero-order valence-electron chi connectivity index (χ0n) is 10.6. The molecule has 0 aliphatic heterocycles. The molecule has 0 saturated carbocycles. The van der Waals surface area contributed by atoms with Gasteiger partial charge < -0.3 is 5.32 Å². The normalized spacial score (nSPS) is 10.8. The standard InChI is InChI=1S/C12H19N5/c1-4-5-17-9-11(7-14-17)6-13-12-10(2)8-16(3)15-12/h7-9H,4-6H2,1-3H3,(H,13,15). The van der Waals surface area contributed by atoms with Crippen LogP contribution in [0.1, 0.15) is 24.5 Å². The number of aryl methyl sites for hydroxylation is 3. The van der Waals surface area contributed by atoms with Gasteiger partial charge in [0.25, 0.3) is 0 Å². The lowest BCUT2D eigenvalue weighted by Crippen LogP contribution is -2.01. The van der Waals surface area contributed by atoms with Crippen molar-refractivity contribution in [3.05, 3.63) is 29.7 Å². The van der Waals surface area contributed by atoms with Crippen LogP contribution >= 0.6 is 0 Å². The molecule has 2 rings (SSSR count). The van der Waals surface area contributed by atoms with E-state index in [2.05, 4.69) is 35.6 Å². The molecule has 0 aliphatic carbocycles. The Labute approximate surface area is 101 Å². The second-order valence-electron chi connectivity index (χ2n) is 4.30. The summed E-state index contributed by atoms with van der Waals surface area (Å²) in [6, 6.07) is 0. The maximum atomic E-state index is 4.35. The van der Waals surface area contributed by atoms with Crippen molar-refractivity contribution in [2.45, 2.75) is 33.4 Å². The molecule has 0 saturated heterocycles. The van der Waals surface area contributed by atoms with Gasteiger partial charge in [-0.25, -0.2) is 0 Å². The first-order valence-electron chi connectivity index (χ1n) is 5.94. The Hall–Kier alpha value is -1.78. The molecule has 0 amide bonds. The minimum atomic E-state index is 0.765. The molecule has 0 atom stereocenters. The van der Waals surface area contributed by atoms with Crippen LogP contribution in [0.15, 0.2) is 18.6 Å². The monoisotopic (exact) mass is 233 g/mol. The molecule has 0 unspecified atom stereocenters. The van der Waals surface area contributed by atoms with Crippen LogP contribution in [0, 0.1) is 6.92 Å². The molecule has 0 aromatic carbocycles. The fourth-order valence-corrected chi connectivity index (χ4v) is 1.82. The highest BCUT2D eigenvalue weighted by Gasteiger charge is 2.03. The molecule has 0 bridgehead atoms. The summed E-state index contributed by atoms with van der Waals surface area (Å²) < 4.78 is 3.79. The lowest BCUT2D eigenvalue weighted by molar-refractivity contribution is 0.602. The van der Waals surface area contributed by atoms with Crippen molar-refractivity contribution in [1.29, 1.82) is 0 Å². The predicted octanol–water partition coefficient (Wildman–Crippen LogP) is 1.95. The third-order valence-corrected chi connectivity index (χ3v) is 2.61. The summed E-state index contributed by atoms with van der Waals surface area (Å²) in [6.45, 7) is 5.94. The summed E-state index contributed by atoms with van der Waals surface area (Å²) in [4.78, 5) is 0. The Kier molecular flexibility index (Phi) is 3.46.